The van der Waals surface area contributed by atoms with Crippen molar-refractivity contribution in [3.05, 3.63) is 45.9 Å². The summed E-state index contributed by atoms with van der Waals surface area (Å²) in [5.41, 5.74) is 5.79. The van der Waals surface area contributed by atoms with Crippen LogP contribution in [-0.2, 0) is 12.8 Å². The zero-order valence-electron chi connectivity index (χ0n) is 11.1. The second-order valence-electron chi connectivity index (χ2n) is 4.83. The molecule has 1 aliphatic rings. The van der Waals surface area contributed by atoms with Gasteiger partial charge in [-0.15, -0.1) is 11.3 Å². The summed E-state index contributed by atoms with van der Waals surface area (Å²) in [6, 6.07) is 6.92. The van der Waals surface area contributed by atoms with E-state index in [0.29, 0.717) is 6.04 Å². The molecule has 1 unspecified atom stereocenters. The van der Waals surface area contributed by atoms with Crippen LogP contribution < -0.4 is 10.1 Å². The third-order valence-electron chi connectivity index (χ3n) is 3.63. The van der Waals surface area contributed by atoms with Crippen molar-refractivity contribution in [1.29, 1.82) is 0 Å². The predicted octanol–water partition coefficient (Wildman–Crippen LogP) is 2.97. The maximum Gasteiger partial charge on any atom is 0.122 e. The van der Waals surface area contributed by atoms with Crippen LogP contribution in [0.5, 0.6) is 5.75 Å². The molecule has 0 radical (unpaired) electrons. The van der Waals surface area contributed by atoms with Gasteiger partial charge in [-0.05, 0) is 37.1 Å². The van der Waals surface area contributed by atoms with Gasteiger partial charge in [0.15, 0.2) is 0 Å². The van der Waals surface area contributed by atoms with Crippen molar-refractivity contribution in [3.8, 4) is 5.75 Å². The molecule has 19 heavy (non-hydrogen) atoms. The Balaban J connectivity index is 1.65. The number of hydrogen-bond donors (Lipinski definition) is 1. The van der Waals surface area contributed by atoms with E-state index in [1.807, 2.05) is 12.6 Å². The number of benzene rings is 1. The Morgan fingerprint density at radius 3 is 3.21 bits per heavy atom. The number of nitrogens with zero attached hydrogens (tertiary/aromatic N) is 1. The van der Waals surface area contributed by atoms with Gasteiger partial charge in [-0.1, -0.05) is 12.1 Å². The maximum atomic E-state index is 5.54. The summed E-state index contributed by atoms with van der Waals surface area (Å²) in [4.78, 5) is 4.39. The van der Waals surface area contributed by atoms with E-state index < -0.39 is 0 Å². The molecule has 0 amide bonds. The van der Waals surface area contributed by atoms with Crippen LogP contribution in [0.15, 0.2) is 29.1 Å². The van der Waals surface area contributed by atoms with Crippen LogP contribution in [0.25, 0.3) is 0 Å². The molecule has 0 saturated heterocycles. The summed E-state index contributed by atoms with van der Waals surface area (Å²) >= 11 is 1.65. The molecule has 1 aromatic carbocycles. The van der Waals surface area contributed by atoms with Gasteiger partial charge in [0.05, 0.1) is 23.9 Å². The molecule has 0 bridgehead atoms. The molecular formula is C15H18N2OS. The molecule has 0 saturated carbocycles. The monoisotopic (exact) mass is 274 g/mol. The largest absolute Gasteiger partial charge is 0.493 e. The van der Waals surface area contributed by atoms with Gasteiger partial charge in [-0.25, -0.2) is 4.98 Å². The Bertz CT molecular complexity index is 539. The lowest BCUT2D eigenvalue weighted by Crippen LogP contribution is -2.17. The number of hydrogen-bond acceptors (Lipinski definition) is 4. The van der Waals surface area contributed by atoms with Gasteiger partial charge in [-0.2, -0.15) is 0 Å². The van der Waals surface area contributed by atoms with Gasteiger partial charge in [0.25, 0.3) is 0 Å². The van der Waals surface area contributed by atoms with Crippen LogP contribution >= 0.6 is 11.3 Å². The number of nitrogens with one attached hydrogen (secondary N) is 1. The first-order chi connectivity index (χ1) is 9.36. The topological polar surface area (TPSA) is 34.1 Å². The van der Waals surface area contributed by atoms with Gasteiger partial charge in [-0.3, -0.25) is 0 Å². The first-order valence-electron chi connectivity index (χ1n) is 6.67. The van der Waals surface area contributed by atoms with Crippen molar-refractivity contribution in [3.63, 3.8) is 0 Å². The summed E-state index contributed by atoms with van der Waals surface area (Å²) in [6.45, 7) is 0.830. The Labute approximate surface area is 117 Å². The van der Waals surface area contributed by atoms with E-state index in [-0.39, 0.29) is 0 Å². The van der Waals surface area contributed by atoms with Crippen molar-refractivity contribution >= 4 is 11.3 Å². The highest BCUT2D eigenvalue weighted by Gasteiger charge is 2.14. The molecule has 1 aromatic heterocycles. The molecule has 3 nitrogen and oxygen atoms in total. The third-order valence-corrected chi connectivity index (χ3v) is 4.24. The fourth-order valence-electron chi connectivity index (χ4n) is 2.54. The minimum Gasteiger partial charge on any atom is -0.493 e. The average molecular weight is 274 g/mol. The van der Waals surface area contributed by atoms with Gasteiger partial charge in [0, 0.05) is 11.8 Å². The number of ether oxygens (including phenoxy) is 1. The maximum absolute atomic E-state index is 5.54. The van der Waals surface area contributed by atoms with Gasteiger partial charge in [0.2, 0.25) is 0 Å². The Hall–Kier alpha value is -1.39. The molecule has 2 aromatic rings. The smallest absolute Gasteiger partial charge is 0.122 e. The summed E-state index contributed by atoms with van der Waals surface area (Å²) in [7, 11) is 2.00. The fraction of sp³-hybridized carbons (Fsp3) is 0.400. The Morgan fingerprint density at radius 1 is 1.47 bits per heavy atom. The lowest BCUT2D eigenvalue weighted by Gasteiger charge is -2.14. The Kier molecular flexibility index (Phi) is 3.80. The quantitative estimate of drug-likeness (QED) is 0.910. The molecule has 4 heteroatoms. The highest BCUT2D eigenvalue weighted by atomic mass is 32.1. The predicted molar refractivity (Wildman–Crippen MR) is 77.9 cm³/mol. The lowest BCUT2D eigenvalue weighted by molar-refractivity contribution is 0.357. The second-order valence-corrected chi connectivity index (χ2v) is 5.55. The van der Waals surface area contributed by atoms with E-state index in [2.05, 4.69) is 33.9 Å². The fourth-order valence-corrected chi connectivity index (χ4v) is 3.15. The standard InChI is InChI=1S/C15H18N2OS/c1-16-13(14-9-19-10-17-14)4-2-11-3-5-15-12(8-11)6-7-18-15/h3,5,8-10,13,16H,2,4,6-7H2,1H3. The zero-order chi connectivity index (χ0) is 13.1. The van der Waals surface area contributed by atoms with Crippen LogP contribution in [0.2, 0.25) is 0 Å². The summed E-state index contributed by atoms with van der Waals surface area (Å²) in [5.74, 6) is 1.06. The minimum atomic E-state index is 0.343. The second kappa shape index (κ2) is 5.72. The molecule has 1 aliphatic heterocycles. The van der Waals surface area contributed by atoms with E-state index in [1.54, 1.807) is 11.3 Å². The molecule has 100 valence electrons. The third kappa shape index (κ3) is 2.80. The molecule has 1 atom stereocenters. The van der Waals surface area contributed by atoms with E-state index in [1.165, 1.54) is 11.1 Å². The summed E-state index contributed by atoms with van der Waals surface area (Å²) < 4.78 is 5.54. The van der Waals surface area contributed by atoms with Crippen molar-refractivity contribution in [2.45, 2.75) is 25.3 Å². The summed E-state index contributed by atoms with van der Waals surface area (Å²) in [5, 5.41) is 5.47. The van der Waals surface area contributed by atoms with E-state index >= 15 is 0 Å². The molecule has 3 rings (SSSR count). The molecule has 0 spiro atoms. The highest BCUT2D eigenvalue weighted by molar-refractivity contribution is 7.07. The number of aromatic nitrogens is 1. The van der Waals surface area contributed by atoms with Gasteiger partial charge in [0.1, 0.15) is 5.75 Å². The first kappa shape index (κ1) is 12.6. The van der Waals surface area contributed by atoms with Crippen LogP contribution in [0.4, 0.5) is 0 Å². The zero-order valence-corrected chi connectivity index (χ0v) is 11.9. The number of aryl methyl sites for hydroxylation is 1. The molecule has 0 fully saturated rings. The van der Waals surface area contributed by atoms with Crippen molar-refractivity contribution < 1.29 is 4.74 Å². The minimum absolute atomic E-state index is 0.343. The number of rotatable bonds is 5. The van der Waals surface area contributed by atoms with E-state index in [4.69, 9.17) is 4.74 Å². The van der Waals surface area contributed by atoms with Crippen molar-refractivity contribution in [1.82, 2.24) is 10.3 Å². The van der Waals surface area contributed by atoms with Crippen molar-refractivity contribution in [2.75, 3.05) is 13.7 Å². The van der Waals surface area contributed by atoms with Gasteiger partial charge >= 0.3 is 0 Å². The number of thiazole rings is 1. The SMILES string of the molecule is CNC(CCc1ccc2c(c1)CCO2)c1cscn1. The van der Waals surface area contributed by atoms with Crippen LogP contribution in [0.3, 0.4) is 0 Å². The van der Waals surface area contributed by atoms with E-state index in [9.17, 15) is 0 Å². The molecular weight excluding hydrogens is 256 g/mol. The Morgan fingerprint density at radius 2 is 2.42 bits per heavy atom. The van der Waals surface area contributed by atoms with Crippen molar-refractivity contribution in [2.24, 2.45) is 0 Å². The molecule has 1 N–H and O–H groups in total. The lowest BCUT2D eigenvalue weighted by atomic mass is 10.0. The van der Waals surface area contributed by atoms with Crippen LogP contribution in [0, 0.1) is 0 Å². The molecule has 2 heterocycles. The normalized spacial score (nSPS) is 15.0. The van der Waals surface area contributed by atoms with Crippen LogP contribution in [0.1, 0.15) is 29.3 Å². The average Bonchev–Trinajstić information content (AvgIpc) is 3.10. The summed E-state index contributed by atoms with van der Waals surface area (Å²) in [6.07, 6.45) is 3.18. The first-order valence-corrected chi connectivity index (χ1v) is 7.61. The van der Waals surface area contributed by atoms with Crippen LogP contribution in [-0.4, -0.2) is 18.6 Å². The van der Waals surface area contributed by atoms with Gasteiger partial charge < -0.3 is 10.1 Å². The van der Waals surface area contributed by atoms with E-state index in [0.717, 1.165) is 37.3 Å². The highest BCUT2D eigenvalue weighted by Crippen LogP contribution is 2.27. The molecule has 0 aliphatic carbocycles. The number of fused-ring (bicyclic) bond motifs is 1.